The number of benzene rings is 1. The number of ether oxygens (including phenoxy) is 1. The van der Waals surface area contributed by atoms with Gasteiger partial charge in [0.05, 0.1) is 7.11 Å². The molecule has 1 unspecified atom stereocenters. The second-order valence-electron chi connectivity index (χ2n) is 6.17. The van der Waals surface area contributed by atoms with Gasteiger partial charge in [0.25, 0.3) is 0 Å². The number of likely N-dealkylation sites (tertiary alicyclic amines) is 1. The highest BCUT2D eigenvalue weighted by Crippen LogP contribution is 2.28. The van der Waals surface area contributed by atoms with Gasteiger partial charge >= 0.3 is 0 Å². The van der Waals surface area contributed by atoms with Crippen LogP contribution in [0.4, 0.5) is 0 Å². The fourth-order valence-electron chi connectivity index (χ4n) is 3.14. The first-order valence-electron chi connectivity index (χ1n) is 8.71. The Balaban J connectivity index is 0.00000243. The molecular weight excluding hydrogens is 443 g/mol. The predicted molar refractivity (Wildman–Crippen MR) is 113 cm³/mol. The van der Waals surface area contributed by atoms with Crippen molar-refractivity contribution in [3.63, 3.8) is 0 Å². The zero-order valence-corrected chi connectivity index (χ0v) is 17.9. The van der Waals surface area contributed by atoms with E-state index in [0.717, 1.165) is 43.6 Å². The molecular formula is C18H27IN6O. The highest BCUT2D eigenvalue weighted by Gasteiger charge is 2.26. The average molecular weight is 470 g/mol. The van der Waals surface area contributed by atoms with E-state index in [1.165, 1.54) is 5.56 Å². The average Bonchev–Trinajstić information content (AvgIpc) is 3.28. The van der Waals surface area contributed by atoms with E-state index in [-0.39, 0.29) is 24.0 Å². The summed E-state index contributed by atoms with van der Waals surface area (Å²) < 4.78 is 7.01. The van der Waals surface area contributed by atoms with Crippen molar-refractivity contribution in [2.24, 2.45) is 12.0 Å². The van der Waals surface area contributed by atoms with Gasteiger partial charge in [-0.2, -0.15) is 5.10 Å². The maximum atomic E-state index is 5.25. The van der Waals surface area contributed by atoms with E-state index in [4.69, 9.17) is 9.73 Å². The number of guanidine groups is 1. The molecule has 1 N–H and O–H groups in total. The molecule has 3 rings (SSSR count). The normalized spacial score (nSPS) is 17.1. The van der Waals surface area contributed by atoms with Crippen LogP contribution in [0.15, 0.2) is 35.6 Å². The lowest BCUT2D eigenvalue weighted by atomic mass is 9.98. The van der Waals surface area contributed by atoms with Gasteiger partial charge in [-0.1, -0.05) is 12.1 Å². The first-order chi connectivity index (χ1) is 12.2. The summed E-state index contributed by atoms with van der Waals surface area (Å²) in [6.07, 6.45) is 2.69. The van der Waals surface area contributed by atoms with Gasteiger partial charge in [-0.15, -0.1) is 24.0 Å². The molecule has 1 atom stereocenters. The van der Waals surface area contributed by atoms with Crippen molar-refractivity contribution >= 4 is 29.9 Å². The Morgan fingerprint density at radius 2 is 2.12 bits per heavy atom. The minimum atomic E-state index is 0. The van der Waals surface area contributed by atoms with Crippen molar-refractivity contribution in [1.29, 1.82) is 0 Å². The van der Waals surface area contributed by atoms with Gasteiger partial charge in [-0.3, -0.25) is 4.68 Å². The van der Waals surface area contributed by atoms with E-state index in [1.54, 1.807) is 18.1 Å². The van der Waals surface area contributed by atoms with E-state index >= 15 is 0 Å². The number of halogens is 1. The summed E-state index contributed by atoms with van der Waals surface area (Å²) in [6.45, 7) is 5.44. The van der Waals surface area contributed by atoms with Crippen molar-refractivity contribution in [2.75, 3.05) is 26.7 Å². The smallest absolute Gasteiger partial charge is 0.194 e. The monoisotopic (exact) mass is 470 g/mol. The van der Waals surface area contributed by atoms with Gasteiger partial charge in [-0.25, -0.2) is 9.98 Å². The first kappa shape index (κ1) is 20.5. The second kappa shape index (κ2) is 9.75. The van der Waals surface area contributed by atoms with Crippen molar-refractivity contribution in [1.82, 2.24) is 25.0 Å². The van der Waals surface area contributed by atoms with Gasteiger partial charge in [-0.05, 0) is 31.0 Å². The summed E-state index contributed by atoms with van der Waals surface area (Å²) in [5.74, 6) is 3.23. The molecule has 0 saturated carbocycles. The van der Waals surface area contributed by atoms with Crippen LogP contribution < -0.4 is 10.1 Å². The predicted octanol–water partition coefficient (Wildman–Crippen LogP) is 2.40. The maximum absolute atomic E-state index is 5.25. The number of aromatic nitrogens is 3. The Labute approximate surface area is 171 Å². The van der Waals surface area contributed by atoms with Crippen molar-refractivity contribution < 1.29 is 4.74 Å². The fraction of sp³-hybridized carbons (Fsp3) is 0.500. The Morgan fingerprint density at radius 1 is 1.35 bits per heavy atom. The third-order valence-electron chi connectivity index (χ3n) is 4.59. The van der Waals surface area contributed by atoms with Crippen LogP contribution in [-0.4, -0.2) is 52.4 Å². The standard InChI is InChI=1S/C18H26N6O.HI/c1-4-19-18(20-11-17-21-13-22-23(17)2)24-10-9-15(12-24)14-5-7-16(25-3)8-6-14;/h5-8,13,15H,4,9-12H2,1-3H3,(H,19,20);1H. The lowest BCUT2D eigenvalue weighted by Crippen LogP contribution is -2.40. The Kier molecular flexibility index (Phi) is 7.67. The number of aliphatic imine (C=N–C) groups is 1. The molecule has 26 heavy (non-hydrogen) atoms. The second-order valence-corrected chi connectivity index (χ2v) is 6.17. The molecule has 0 amide bonds. The van der Waals surface area contributed by atoms with Crippen LogP contribution in [0.25, 0.3) is 0 Å². The van der Waals surface area contributed by atoms with Crippen LogP contribution >= 0.6 is 24.0 Å². The number of methoxy groups -OCH3 is 1. The summed E-state index contributed by atoms with van der Waals surface area (Å²) in [5, 5.41) is 7.49. The number of nitrogens with zero attached hydrogens (tertiary/aromatic N) is 5. The van der Waals surface area contributed by atoms with Crippen molar-refractivity contribution in [2.45, 2.75) is 25.8 Å². The quantitative estimate of drug-likeness (QED) is 0.413. The van der Waals surface area contributed by atoms with Gasteiger partial charge < -0.3 is 15.0 Å². The minimum Gasteiger partial charge on any atom is -0.497 e. The molecule has 1 saturated heterocycles. The Hall–Kier alpha value is -1.84. The van der Waals surface area contributed by atoms with Crippen LogP contribution in [0.2, 0.25) is 0 Å². The molecule has 8 heteroatoms. The number of hydrogen-bond donors (Lipinski definition) is 1. The van der Waals surface area contributed by atoms with E-state index in [0.29, 0.717) is 12.5 Å². The van der Waals surface area contributed by atoms with Gasteiger partial charge in [0.15, 0.2) is 5.96 Å². The van der Waals surface area contributed by atoms with E-state index < -0.39 is 0 Å². The number of nitrogens with one attached hydrogen (secondary N) is 1. The number of aryl methyl sites for hydroxylation is 1. The molecule has 1 aliphatic heterocycles. The van der Waals surface area contributed by atoms with Gasteiger partial charge in [0, 0.05) is 32.6 Å². The molecule has 0 aliphatic carbocycles. The van der Waals surface area contributed by atoms with E-state index in [1.807, 2.05) is 19.2 Å². The van der Waals surface area contributed by atoms with Crippen LogP contribution in [0.1, 0.15) is 30.7 Å². The lowest BCUT2D eigenvalue weighted by Gasteiger charge is -2.21. The molecule has 1 aliphatic rings. The van der Waals surface area contributed by atoms with Crippen LogP contribution in [0.5, 0.6) is 5.75 Å². The summed E-state index contributed by atoms with van der Waals surface area (Å²) >= 11 is 0. The molecule has 7 nitrogen and oxygen atoms in total. The first-order valence-corrected chi connectivity index (χ1v) is 8.71. The zero-order valence-electron chi connectivity index (χ0n) is 15.6. The summed E-state index contributed by atoms with van der Waals surface area (Å²) in [6, 6.07) is 8.39. The van der Waals surface area contributed by atoms with Crippen LogP contribution in [-0.2, 0) is 13.6 Å². The minimum absolute atomic E-state index is 0. The molecule has 142 valence electrons. The van der Waals surface area contributed by atoms with Gasteiger partial charge in [0.2, 0.25) is 0 Å². The molecule has 0 spiro atoms. The molecule has 2 aromatic rings. The molecule has 1 aromatic carbocycles. The zero-order chi connectivity index (χ0) is 17.6. The summed E-state index contributed by atoms with van der Waals surface area (Å²) in [5.41, 5.74) is 1.35. The highest BCUT2D eigenvalue weighted by atomic mass is 127. The van der Waals surface area contributed by atoms with Crippen LogP contribution in [0, 0.1) is 0 Å². The molecule has 0 radical (unpaired) electrons. The fourth-order valence-corrected chi connectivity index (χ4v) is 3.14. The highest BCUT2D eigenvalue weighted by molar-refractivity contribution is 14.0. The van der Waals surface area contributed by atoms with Crippen molar-refractivity contribution in [3.05, 3.63) is 42.0 Å². The van der Waals surface area contributed by atoms with E-state index in [2.05, 4.69) is 39.4 Å². The van der Waals surface area contributed by atoms with Gasteiger partial charge in [0.1, 0.15) is 24.4 Å². The largest absolute Gasteiger partial charge is 0.497 e. The van der Waals surface area contributed by atoms with E-state index in [9.17, 15) is 0 Å². The SMILES string of the molecule is CCNC(=NCc1ncnn1C)N1CCC(c2ccc(OC)cc2)C1.I. The molecule has 1 aromatic heterocycles. The topological polar surface area (TPSA) is 67.6 Å². The Morgan fingerprint density at radius 3 is 2.73 bits per heavy atom. The number of hydrogen-bond acceptors (Lipinski definition) is 4. The Bertz CT molecular complexity index is 715. The maximum Gasteiger partial charge on any atom is 0.194 e. The van der Waals surface area contributed by atoms with Crippen LogP contribution in [0.3, 0.4) is 0 Å². The molecule has 1 fully saturated rings. The summed E-state index contributed by atoms with van der Waals surface area (Å²) in [4.78, 5) is 11.3. The number of rotatable bonds is 5. The summed E-state index contributed by atoms with van der Waals surface area (Å²) in [7, 11) is 3.59. The molecule has 2 heterocycles. The third-order valence-corrected chi connectivity index (χ3v) is 4.59. The van der Waals surface area contributed by atoms with Crippen molar-refractivity contribution in [3.8, 4) is 5.75 Å². The third kappa shape index (κ3) is 4.87. The lowest BCUT2D eigenvalue weighted by molar-refractivity contribution is 0.414. The molecule has 0 bridgehead atoms.